The van der Waals surface area contributed by atoms with Gasteiger partial charge in [-0.15, -0.1) is 0 Å². The molecular weight excluding hydrogens is 306 g/mol. The average molecular weight is 337 g/mol. The Morgan fingerprint density at radius 1 is 1.25 bits per heavy atom. The second-order valence-electron chi connectivity index (χ2n) is 7.79. The van der Waals surface area contributed by atoms with E-state index in [2.05, 4.69) is 24.3 Å². The molecule has 0 fully saturated rings. The molecule has 24 heavy (non-hydrogen) atoms. The minimum atomic E-state index is -0.679. The summed E-state index contributed by atoms with van der Waals surface area (Å²) in [6.07, 6.45) is 0.208. The van der Waals surface area contributed by atoms with Crippen LogP contribution in [0.3, 0.4) is 0 Å². The number of hydrogen-bond donors (Lipinski definition) is 1. The molecule has 1 amide bonds. The van der Waals surface area contributed by atoms with Gasteiger partial charge in [0.2, 0.25) is 5.91 Å². The van der Waals surface area contributed by atoms with Crippen LogP contribution in [0, 0.1) is 25.2 Å². The summed E-state index contributed by atoms with van der Waals surface area (Å²) in [5.74, 6) is -0.148. The smallest absolute Gasteiger partial charge is 0.328 e. The van der Waals surface area contributed by atoms with Crippen LogP contribution in [0.4, 0.5) is 0 Å². The number of methoxy groups -OCH3 is 1. The number of aromatic nitrogens is 2. The van der Waals surface area contributed by atoms with E-state index in [1.54, 1.807) is 0 Å². The number of carbonyl (C=O) groups excluding carboxylic acids is 2. The number of nitrogens with zero attached hydrogens (tertiary/aromatic N) is 2. The van der Waals surface area contributed by atoms with E-state index < -0.39 is 17.4 Å². The van der Waals surface area contributed by atoms with Gasteiger partial charge in [-0.2, -0.15) is 5.10 Å². The molecular formula is C18H31N3O3. The van der Waals surface area contributed by atoms with Gasteiger partial charge in [-0.25, -0.2) is 4.79 Å². The molecule has 1 aromatic heterocycles. The minimum Gasteiger partial charge on any atom is -0.467 e. The molecule has 0 aromatic carbocycles. The van der Waals surface area contributed by atoms with E-state index in [-0.39, 0.29) is 12.3 Å². The van der Waals surface area contributed by atoms with Crippen molar-refractivity contribution in [1.82, 2.24) is 15.1 Å². The third kappa shape index (κ3) is 5.08. The van der Waals surface area contributed by atoms with Crippen LogP contribution in [0.5, 0.6) is 0 Å². The first-order chi connectivity index (χ1) is 11.0. The Hall–Kier alpha value is -1.85. The van der Waals surface area contributed by atoms with Crippen LogP contribution < -0.4 is 5.32 Å². The van der Waals surface area contributed by atoms with Crippen molar-refractivity contribution in [2.24, 2.45) is 11.3 Å². The Morgan fingerprint density at radius 3 is 2.29 bits per heavy atom. The molecule has 0 aliphatic heterocycles. The van der Waals surface area contributed by atoms with Crippen molar-refractivity contribution in [3.05, 3.63) is 17.0 Å². The molecule has 0 radical (unpaired) electrons. The lowest BCUT2D eigenvalue weighted by atomic mass is 9.86. The highest BCUT2D eigenvalue weighted by atomic mass is 16.5. The molecule has 0 bridgehead atoms. The van der Waals surface area contributed by atoms with Crippen molar-refractivity contribution in [1.29, 1.82) is 0 Å². The van der Waals surface area contributed by atoms with Gasteiger partial charge in [0.25, 0.3) is 0 Å². The molecule has 0 unspecified atom stereocenters. The molecule has 6 heteroatoms. The molecule has 1 N–H and O–H groups in total. The third-order valence-electron chi connectivity index (χ3n) is 4.02. The van der Waals surface area contributed by atoms with Crippen LogP contribution in [-0.2, 0) is 27.3 Å². The zero-order valence-corrected chi connectivity index (χ0v) is 16.2. The molecule has 6 nitrogen and oxygen atoms in total. The van der Waals surface area contributed by atoms with Gasteiger partial charge in [0.1, 0.15) is 6.04 Å². The summed E-state index contributed by atoms with van der Waals surface area (Å²) in [6.45, 7) is 14.7. The zero-order chi connectivity index (χ0) is 18.7. The second-order valence-corrected chi connectivity index (χ2v) is 7.79. The largest absolute Gasteiger partial charge is 0.467 e. The first kappa shape index (κ1) is 20.2. The number of nitrogens with one attached hydrogen (secondary N) is 1. The molecule has 1 heterocycles. The van der Waals surface area contributed by atoms with Crippen molar-refractivity contribution >= 4 is 11.9 Å². The Kier molecular flexibility index (Phi) is 6.58. The van der Waals surface area contributed by atoms with E-state index in [4.69, 9.17) is 4.74 Å². The maximum absolute atomic E-state index is 12.5. The number of rotatable bonds is 6. The van der Waals surface area contributed by atoms with Gasteiger partial charge < -0.3 is 10.1 Å². The molecule has 1 aromatic rings. The van der Waals surface area contributed by atoms with Gasteiger partial charge in [-0.3, -0.25) is 9.48 Å². The zero-order valence-electron chi connectivity index (χ0n) is 16.2. The fraction of sp³-hybridized carbons (Fsp3) is 0.722. The number of amides is 1. The van der Waals surface area contributed by atoms with Crippen LogP contribution in [-0.4, -0.2) is 34.8 Å². The monoisotopic (exact) mass is 337 g/mol. The summed E-state index contributed by atoms with van der Waals surface area (Å²) >= 11 is 0. The molecule has 1 atom stereocenters. The average Bonchev–Trinajstić information content (AvgIpc) is 2.69. The van der Waals surface area contributed by atoms with E-state index in [0.29, 0.717) is 5.92 Å². The van der Waals surface area contributed by atoms with Gasteiger partial charge in [-0.05, 0) is 25.2 Å². The van der Waals surface area contributed by atoms with E-state index >= 15 is 0 Å². The summed E-state index contributed by atoms with van der Waals surface area (Å²) in [5.41, 5.74) is 2.36. The van der Waals surface area contributed by atoms with Gasteiger partial charge in [0, 0.05) is 17.8 Å². The lowest BCUT2D eigenvalue weighted by Gasteiger charge is -2.29. The Balaban J connectivity index is 2.91. The van der Waals surface area contributed by atoms with E-state index in [1.807, 2.05) is 39.3 Å². The SMILES string of the molecule is COC(=O)[C@H](NC(=O)Cc1c(C)nn(CC(C)C)c1C)C(C)(C)C. The molecule has 0 saturated carbocycles. The molecule has 136 valence electrons. The summed E-state index contributed by atoms with van der Waals surface area (Å²) < 4.78 is 6.76. The van der Waals surface area contributed by atoms with Crippen molar-refractivity contribution in [2.45, 2.75) is 67.5 Å². The second kappa shape index (κ2) is 7.81. The van der Waals surface area contributed by atoms with Crippen LogP contribution in [0.1, 0.15) is 51.6 Å². The number of ether oxygens (including phenoxy) is 1. The first-order valence-electron chi connectivity index (χ1n) is 8.37. The van der Waals surface area contributed by atoms with E-state index in [9.17, 15) is 9.59 Å². The third-order valence-corrected chi connectivity index (χ3v) is 4.02. The summed E-state index contributed by atoms with van der Waals surface area (Å²) in [5, 5.41) is 7.34. The fourth-order valence-corrected chi connectivity index (χ4v) is 2.63. The lowest BCUT2D eigenvalue weighted by Crippen LogP contribution is -2.50. The number of aryl methyl sites for hydroxylation is 1. The van der Waals surface area contributed by atoms with Crippen molar-refractivity contribution in [2.75, 3.05) is 7.11 Å². The highest BCUT2D eigenvalue weighted by Crippen LogP contribution is 2.21. The van der Waals surface area contributed by atoms with E-state index in [0.717, 1.165) is 23.5 Å². The predicted octanol–water partition coefficient (Wildman–Crippen LogP) is 2.40. The maximum atomic E-state index is 12.5. The molecule has 1 rings (SSSR count). The van der Waals surface area contributed by atoms with Crippen LogP contribution in [0.15, 0.2) is 0 Å². The standard InChI is InChI=1S/C18H31N3O3/c1-11(2)10-21-13(4)14(12(3)20-21)9-15(22)19-16(17(23)24-8)18(5,6)7/h11,16H,9-10H2,1-8H3,(H,19,22)/t16-/m0/s1. The topological polar surface area (TPSA) is 73.2 Å². The van der Waals surface area contributed by atoms with Gasteiger partial charge >= 0.3 is 5.97 Å². The number of carbonyl (C=O) groups is 2. The lowest BCUT2D eigenvalue weighted by molar-refractivity contribution is -0.148. The summed E-state index contributed by atoms with van der Waals surface area (Å²) in [6, 6.07) is -0.679. The van der Waals surface area contributed by atoms with Crippen LogP contribution >= 0.6 is 0 Å². The van der Waals surface area contributed by atoms with Crippen molar-refractivity contribution in [3.63, 3.8) is 0 Å². The van der Waals surface area contributed by atoms with Crippen molar-refractivity contribution in [3.8, 4) is 0 Å². The van der Waals surface area contributed by atoms with Crippen LogP contribution in [0.25, 0.3) is 0 Å². The van der Waals surface area contributed by atoms with Gasteiger partial charge in [0.15, 0.2) is 0 Å². The first-order valence-corrected chi connectivity index (χ1v) is 8.37. The normalized spacial score (nSPS) is 13.0. The predicted molar refractivity (Wildman–Crippen MR) is 93.6 cm³/mol. The van der Waals surface area contributed by atoms with E-state index in [1.165, 1.54) is 7.11 Å². The highest BCUT2D eigenvalue weighted by Gasteiger charge is 2.33. The quantitative estimate of drug-likeness (QED) is 0.809. The summed E-state index contributed by atoms with van der Waals surface area (Å²) in [4.78, 5) is 24.4. The molecule has 0 aliphatic rings. The molecule has 0 spiro atoms. The van der Waals surface area contributed by atoms with Crippen LogP contribution in [0.2, 0.25) is 0 Å². The highest BCUT2D eigenvalue weighted by molar-refractivity contribution is 5.86. The summed E-state index contributed by atoms with van der Waals surface area (Å²) in [7, 11) is 1.33. The molecule has 0 saturated heterocycles. The maximum Gasteiger partial charge on any atom is 0.328 e. The Labute approximate surface area is 144 Å². The van der Waals surface area contributed by atoms with Gasteiger partial charge in [-0.1, -0.05) is 34.6 Å². The minimum absolute atomic E-state index is 0.198. The van der Waals surface area contributed by atoms with Gasteiger partial charge in [0.05, 0.1) is 19.2 Å². The molecule has 0 aliphatic carbocycles. The fourth-order valence-electron chi connectivity index (χ4n) is 2.63. The Bertz CT molecular complexity index is 597. The Morgan fingerprint density at radius 2 is 1.83 bits per heavy atom. The number of hydrogen-bond acceptors (Lipinski definition) is 4. The van der Waals surface area contributed by atoms with Crippen molar-refractivity contribution < 1.29 is 14.3 Å². The number of esters is 1.